The zero-order chi connectivity index (χ0) is 15.9. The monoisotopic (exact) mass is 321 g/mol. The first-order valence-corrected chi connectivity index (χ1v) is 7.72. The number of benzene rings is 1. The number of halogens is 1. The second-order valence-electron chi connectivity index (χ2n) is 5.06. The lowest BCUT2D eigenvalue weighted by Crippen LogP contribution is -2.26. The maximum atomic E-state index is 12.0. The molecule has 118 valence electrons. The highest BCUT2D eigenvalue weighted by molar-refractivity contribution is 6.31. The van der Waals surface area contributed by atoms with Gasteiger partial charge < -0.3 is 15.5 Å². The average molecular weight is 322 g/mol. The summed E-state index contributed by atoms with van der Waals surface area (Å²) in [5, 5.41) is 3.50. The van der Waals surface area contributed by atoms with Crippen molar-refractivity contribution in [1.29, 1.82) is 0 Å². The fourth-order valence-electron chi connectivity index (χ4n) is 2.10. The third kappa shape index (κ3) is 4.32. The Morgan fingerprint density at radius 2 is 2.23 bits per heavy atom. The van der Waals surface area contributed by atoms with Gasteiger partial charge in [-0.1, -0.05) is 43.1 Å². The van der Waals surface area contributed by atoms with Crippen LogP contribution >= 0.6 is 11.6 Å². The van der Waals surface area contributed by atoms with Crippen molar-refractivity contribution in [2.75, 3.05) is 6.54 Å². The van der Waals surface area contributed by atoms with Gasteiger partial charge in [0.05, 0.1) is 6.04 Å². The molecule has 0 aliphatic heterocycles. The lowest BCUT2D eigenvalue weighted by atomic mass is 10.1. The number of hydrogen-bond acceptors (Lipinski definition) is 4. The van der Waals surface area contributed by atoms with Gasteiger partial charge in [-0.3, -0.25) is 4.79 Å². The molecule has 1 aromatic carbocycles. The van der Waals surface area contributed by atoms with Gasteiger partial charge in [-0.15, -0.1) is 0 Å². The molecule has 2 aromatic rings. The molecular formula is C16H20ClN3O2. The molecule has 0 bridgehead atoms. The van der Waals surface area contributed by atoms with Crippen LogP contribution in [0.3, 0.4) is 0 Å². The SMILES string of the molecule is CCCC(N)c1nc(C(=O)NCCc2ccccc2Cl)co1. The smallest absolute Gasteiger partial charge is 0.273 e. The molecule has 0 aliphatic carbocycles. The maximum Gasteiger partial charge on any atom is 0.273 e. The van der Waals surface area contributed by atoms with Crippen LogP contribution in [0.5, 0.6) is 0 Å². The minimum Gasteiger partial charge on any atom is -0.446 e. The molecule has 1 heterocycles. The Morgan fingerprint density at radius 3 is 2.95 bits per heavy atom. The quantitative estimate of drug-likeness (QED) is 0.821. The Morgan fingerprint density at radius 1 is 1.45 bits per heavy atom. The maximum absolute atomic E-state index is 12.0. The molecule has 1 unspecified atom stereocenters. The Balaban J connectivity index is 1.86. The van der Waals surface area contributed by atoms with Gasteiger partial charge in [0, 0.05) is 11.6 Å². The molecular weight excluding hydrogens is 302 g/mol. The Bertz CT molecular complexity index is 627. The molecule has 0 aliphatic rings. The van der Waals surface area contributed by atoms with Gasteiger partial charge in [-0.05, 0) is 24.5 Å². The van der Waals surface area contributed by atoms with Crippen molar-refractivity contribution in [1.82, 2.24) is 10.3 Å². The van der Waals surface area contributed by atoms with Gasteiger partial charge in [0.1, 0.15) is 6.26 Å². The van der Waals surface area contributed by atoms with Crippen LogP contribution in [-0.4, -0.2) is 17.4 Å². The van der Waals surface area contributed by atoms with Crippen LogP contribution in [0.4, 0.5) is 0 Å². The van der Waals surface area contributed by atoms with Crippen molar-refractivity contribution < 1.29 is 9.21 Å². The van der Waals surface area contributed by atoms with Gasteiger partial charge in [-0.2, -0.15) is 0 Å². The number of nitrogens with two attached hydrogens (primary N) is 1. The molecule has 0 saturated heterocycles. The van der Waals surface area contributed by atoms with Crippen LogP contribution in [0.2, 0.25) is 5.02 Å². The van der Waals surface area contributed by atoms with Crippen molar-refractivity contribution in [3.05, 3.63) is 52.7 Å². The number of rotatable bonds is 7. The van der Waals surface area contributed by atoms with Gasteiger partial charge >= 0.3 is 0 Å². The number of hydrogen-bond donors (Lipinski definition) is 2. The van der Waals surface area contributed by atoms with E-state index in [1.165, 1.54) is 6.26 Å². The lowest BCUT2D eigenvalue weighted by molar-refractivity contribution is 0.0949. The number of carbonyl (C=O) groups is 1. The topological polar surface area (TPSA) is 81.1 Å². The van der Waals surface area contributed by atoms with E-state index in [-0.39, 0.29) is 17.6 Å². The molecule has 3 N–H and O–H groups in total. The van der Waals surface area contributed by atoms with Crippen LogP contribution in [0.15, 0.2) is 34.9 Å². The summed E-state index contributed by atoms with van der Waals surface area (Å²) in [6.45, 7) is 2.51. The minimum absolute atomic E-state index is 0.251. The Kier molecular flexibility index (Phi) is 5.98. The first-order chi connectivity index (χ1) is 10.6. The summed E-state index contributed by atoms with van der Waals surface area (Å²) >= 11 is 6.07. The van der Waals surface area contributed by atoms with Gasteiger partial charge in [0.15, 0.2) is 5.69 Å². The number of carbonyl (C=O) groups excluding carboxylic acids is 1. The molecule has 5 nitrogen and oxygen atoms in total. The van der Waals surface area contributed by atoms with E-state index in [4.69, 9.17) is 21.8 Å². The van der Waals surface area contributed by atoms with E-state index in [1.54, 1.807) is 0 Å². The highest BCUT2D eigenvalue weighted by atomic mass is 35.5. The van der Waals surface area contributed by atoms with Gasteiger partial charge in [0.2, 0.25) is 5.89 Å². The largest absolute Gasteiger partial charge is 0.446 e. The van der Waals surface area contributed by atoms with Crippen molar-refractivity contribution in [3.8, 4) is 0 Å². The number of amides is 1. The third-order valence-electron chi connectivity index (χ3n) is 3.31. The third-order valence-corrected chi connectivity index (χ3v) is 3.68. The molecule has 2 rings (SSSR count). The van der Waals surface area contributed by atoms with Crippen molar-refractivity contribution in [2.45, 2.75) is 32.2 Å². The van der Waals surface area contributed by atoms with Crippen molar-refractivity contribution in [2.24, 2.45) is 5.73 Å². The Hall–Kier alpha value is -1.85. The fourth-order valence-corrected chi connectivity index (χ4v) is 2.33. The predicted molar refractivity (Wildman–Crippen MR) is 85.8 cm³/mol. The zero-order valence-electron chi connectivity index (χ0n) is 12.5. The normalized spacial score (nSPS) is 12.1. The molecule has 22 heavy (non-hydrogen) atoms. The summed E-state index contributed by atoms with van der Waals surface area (Å²) in [7, 11) is 0. The predicted octanol–water partition coefficient (Wildman–Crippen LogP) is 3.10. The van der Waals surface area contributed by atoms with E-state index in [1.807, 2.05) is 31.2 Å². The molecule has 0 spiro atoms. The second-order valence-corrected chi connectivity index (χ2v) is 5.47. The van der Waals surface area contributed by atoms with E-state index < -0.39 is 0 Å². The summed E-state index contributed by atoms with van der Waals surface area (Å²) in [4.78, 5) is 16.1. The van der Waals surface area contributed by atoms with Crippen LogP contribution in [0.1, 0.15) is 47.7 Å². The lowest BCUT2D eigenvalue weighted by Gasteiger charge is -2.05. The number of nitrogens with one attached hydrogen (secondary N) is 1. The van der Waals surface area contributed by atoms with Crippen LogP contribution < -0.4 is 11.1 Å². The molecule has 0 fully saturated rings. The summed E-state index contributed by atoms with van der Waals surface area (Å²) in [6, 6.07) is 7.29. The zero-order valence-corrected chi connectivity index (χ0v) is 13.3. The minimum atomic E-state index is -0.272. The highest BCUT2D eigenvalue weighted by Crippen LogP contribution is 2.16. The number of nitrogens with zero attached hydrogens (tertiary/aromatic N) is 1. The molecule has 6 heteroatoms. The molecule has 1 amide bonds. The molecule has 0 saturated carbocycles. The summed E-state index contributed by atoms with van der Waals surface area (Å²) < 4.78 is 5.27. The summed E-state index contributed by atoms with van der Waals surface area (Å²) in [6.07, 6.45) is 3.71. The average Bonchev–Trinajstić information content (AvgIpc) is 2.99. The highest BCUT2D eigenvalue weighted by Gasteiger charge is 2.16. The molecule has 1 aromatic heterocycles. The van der Waals surface area contributed by atoms with E-state index >= 15 is 0 Å². The number of aromatic nitrogens is 1. The molecule has 0 radical (unpaired) electrons. The summed E-state index contributed by atoms with van der Waals surface area (Å²) in [5.74, 6) is 0.129. The standard InChI is InChI=1S/C16H20ClN3O2/c1-2-5-13(18)16-20-14(10-22-16)15(21)19-9-8-11-6-3-4-7-12(11)17/h3-4,6-7,10,13H,2,5,8-9,18H2,1H3,(H,19,21). The number of oxazole rings is 1. The van der Waals surface area contributed by atoms with Crippen LogP contribution in [0.25, 0.3) is 0 Å². The van der Waals surface area contributed by atoms with E-state index in [9.17, 15) is 4.79 Å². The van der Waals surface area contributed by atoms with Gasteiger partial charge in [-0.25, -0.2) is 4.98 Å². The van der Waals surface area contributed by atoms with Crippen molar-refractivity contribution in [3.63, 3.8) is 0 Å². The summed E-state index contributed by atoms with van der Waals surface area (Å²) in [5.41, 5.74) is 7.16. The van der Waals surface area contributed by atoms with E-state index in [0.717, 1.165) is 18.4 Å². The van der Waals surface area contributed by atoms with Crippen LogP contribution in [0, 0.1) is 0 Å². The van der Waals surface area contributed by atoms with Gasteiger partial charge in [0.25, 0.3) is 5.91 Å². The van der Waals surface area contributed by atoms with Crippen LogP contribution in [-0.2, 0) is 6.42 Å². The Labute approximate surface area is 134 Å². The molecule has 1 atom stereocenters. The first kappa shape index (κ1) is 16.5. The van der Waals surface area contributed by atoms with Crippen molar-refractivity contribution >= 4 is 17.5 Å². The van der Waals surface area contributed by atoms with E-state index in [0.29, 0.717) is 23.9 Å². The second kappa shape index (κ2) is 7.96. The van der Waals surface area contributed by atoms with E-state index in [2.05, 4.69) is 10.3 Å². The first-order valence-electron chi connectivity index (χ1n) is 7.34. The fraction of sp³-hybridized carbons (Fsp3) is 0.375.